The van der Waals surface area contributed by atoms with Crippen molar-refractivity contribution in [3.8, 4) is 21.8 Å². The fraction of sp³-hybridized carbons (Fsp3) is 0.154. The highest BCUT2D eigenvalue weighted by Crippen LogP contribution is 2.40. The molecule has 0 aliphatic carbocycles. The molecular weight excluding hydrogens is 248 g/mol. The maximum absolute atomic E-state index is 5.90. The molecule has 0 saturated carbocycles. The highest BCUT2D eigenvalue weighted by atomic mass is 32.1. The molecule has 0 atom stereocenters. The van der Waals surface area contributed by atoms with Crippen molar-refractivity contribution in [1.82, 2.24) is 5.16 Å². The number of anilines is 1. The first-order chi connectivity index (χ1) is 8.81. The van der Waals surface area contributed by atoms with Crippen molar-refractivity contribution < 1.29 is 8.94 Å². The molecular formula is C13H12N2O2S. The van der Waals surface area contributed by atoms with Gasteiger partial charge in [0.25, 0.3) is 0 Å². The van der Waals surface area contributed by atoms with E-state index >= 15 is 0 Å². The van der Waals surface area contributed by atoms with Gasteiger partial charge in [-0.3, -0.25) is 0 Å². The Balaban J connectivity index is 2.20. The van der Waals surface area contributed by atoms with Gasteiger partial charge in [-0.25, -0.2) is 0 Å². The summed E-state index contributed by atoms with van der Waals surface area (Å²) in [5, 5.41) is 5.87. The summed E-state index contributed by atoms with van der Waals surface area (Å²) < 4.78 is 10.8. The smallest absolute Gasteiger partial charge is 0.181 e. The van der Waals surface area contributed by atoms with Crippen LogP contribution in [-0.2, 0) is 6.42 Å². The average molecular weight is 260 g/mol. The van der Waals surface area contributed by atoms with Crippen LogP contribution in [0.2, 0.25) is 0 Å². The first-order valence-electron chi connectivity index (χ1n) is 5.67. The van der Waals surface area contributed by atoms with Crippen molar-refractivity contribution in [3.63, 3.8) is 0 Å². The van der Waals surface area contributed by atoms with Gasteiger partial charge in [0.1, 0.15) is 5.76 Å². The SMILES string of the molecule is CCc1occc1-c1onc(N)c1-c1cccs1. The summed E-state index contributed by atoms with van der Waals surface area (Å²) >= 11 is 1.61. The molecule has 3 rings (SSSR count). The monoisotopic (exact) mass is 260 g/mol. The van der Waals surface area contributed by atoms with Gasteiger partial charge in [-0.2, -0.15) is 0 Å². The first kappa shape index (κ1) is 11.1. The number of nitrogens with zero attached hydrogens (tertiary/aromatic N) is 1. The van der Waals surface area contributed by atoms with Gasteiger partial charge in [0.05, 0.1) is 17.4 Å². The summed E-state index contributed by atoms with van der Waals surface area (Å²) in [6.07, 6.45) is 2.46. The quantitative estimate of drug-likeness (QED) is 0.777. The van der Waals surface area contributed by atoms with Crippen LogP contribution >= 0.6 is 11.3 Å². The van der Waals surface area contributed by atoms with Crippen LogP contribution in [0.3, 0.4) is 0 Å². The second-order valence-corrected chi connectivity index (χ2v) is 4.81. The van der Waals surface area contributed by atoms with E-state index in [0.717, 1.165) is 28.2 Å². The zero-order valence-corrected chi connectivity index (χ0v) is 10.7. The van der Waals surface area contributed by atoms with E-state index < -0.39 is 0 Å². The minimum Gasteiger partial charge on any atom is -0.469 e. The molecule has 0 amide bonds. The van der Waals surface area contributed by atoms with E-state index in [1.54, 1.807) is 17.6 Å². The molecule has 0 saturated heterocycles. The lowest BCUT2D eigenvalue weighted by Crippen LogP contribution is -1.87. The van der Waals surface area contributed by atoms with Gasteiger partial charge in [-0.15, -0.1) is 11.3 Å². The highest BCUT2D eigenvalue weighted by Gasteiger charge is 2.21. The molecule has 4 nitrogen and oxygen atoms in total. The number of aromatic nitrogens is 1. The normalized spacial score (nSPS) is 10.9. The lowest BCUT2D eigenvalue weighted by atomic mass is 10.1. The number of hydrogen-bond acceptors (Lipinski definition) is 5. The molecule has 0 aliphatic rings. The second-order valence-electron chi connectivity index (χ2n) is 3.86. The molecule has 3 aromatic rings. The van der Waals surface area contributed by atoms with Gasteiger partial charge < -0.3 is 14.7 Å². The number of hydrogen-bond donors (Lipinski definition) is 1. The second kappa shape index (κ2) is 4.34. The van der Waals surface area contributed by atoms with Crippen molar-refractivity contribution in [2.24, 2.45) is 0 Å². The number of furan rings is 1. The molecule has 92 valence electrons. The topological polar surface area (TPSA) is 65.2 Å². The molecule has 0 fully saturated rings. The van der Waals surface area contributed by atoms with E-state index in [1.165, 1.54) is 0 Å². The average Bonchev–Trinajstić information content (AvgIpc) is 3.07. The standard InChI is InChI=1S/C13H12N2O2S/c1-2-9-8(5-6-16-9)12-11(13(14)15-17-12)10-4-3-7-18-10/h3-7H,2H2,1H3,(H2,14,15). The minimum atomic E-state index is 0.413. The van der Waals surface area contributed by atoms with E-state index in [1.807, 2.05) is 30.5 Å². The van der Waals surface area contributed by atoms with Crippen LogP contribution < -0.4 is 5.73 Å². The summed E-state index contributed by atoms with van der Waals surface area (Å²) in [5.74, 6) is 1.97. The van der Waals surface area contributed by atoms with Crippen molar-refractivity contribution in [3.05, 3.63) is 35.6 Å². The Morgan fingerprint density at radius 2 is 2.28 bits per heavy atom. The van der Waals surface area contributed by atoms with Crippen molar-refractivity contribution in [1.29, 1.82) is 0 Å². The van der Waals surface area contributed by atoms with E-state index in [2.05, 4.69) is 5.16 Å². The Bertz CT molecular complexity index is 652. The number of nitrogen functional groups attached to an aromatic ring is 1. The number of thiophene rings is 1. The van der Waals surface area contributed by atoms with E-state index in [4.69, 9.17) is 14.7 Å². The summed E-state index contributed by atoms with van der Waals surface area (Å²) in [7, 11) is 0. The molecule has 2 N–H and O–H groups in total. The lowest BCUT2D eigenvalue weighted by molar-refractivity contribution is 0.434. The number of nitrogens with two attached hydrogens (primary N) is 1. The van der Waals surface area contributed by atoms with Crippen LogP contribution in [-0.4, -0.2) is 5.16 Å². The third-order valence-corrected chi connectivity index (χ3v) is 3.68. The summed E-state index contributed by atoms with van der Waals surface area (Å²) in [6, 6.07) is 5.87. The van der Waals surface area contributed by atoms with Gasteiger partial charge >= 0.3 is 0 Å². The predicted octanol–water partition coefficient (Wildman–Crippen LogP) is 3.81. The molecule has 18 heavy (non-hydrogen) atoms. The highest BCUT2D eigenvalue weighted by molar-refractivity contribution is 7.13. The van der Waals surface area contributed by atoms with Crippen molar-refractivity contribution in [2.75, 3.05) is 5.73 Å². The van der Waals surface area contributed by atoms with Crippen LogP contribution in [0.5, 0.6) is 0 Å². The molecule has 0 aromatic carbocycles. The van der Waals surface area contributed by atoms with E-state index in [0.29, 0.717) is 11.6 Å². The molecule has 3 aromatic heterocycles. The van der Waals surface area contributed by atoms with E-state index in [-0.39, 0.29) is 0 Å². The van der Waals surface area contributed by atoms with Gasteiger partial charge in [0, 0.05) is 11.3 Å². The Morgan fingerprint density at radius 3 is 3.00 bits per heavy atom. The van der Waals surface area contributed by atoms with Crippen LogP contribution in [0.1, 0.15) is 12.7 Å². The molecule has 0 radical (unpaired) electrons. The van der Waals surface area contributed by atoms with Gasteiger partial charge in [-0.1, -0.05) is 18.1 Å². The lowest BCUT2D eigenvalue weighted by Gasteiger charge is -1.99. The zero-order chi connectivity index (χ0) is 12.5. The molecule has 0 aliphatic heterocycles. The summed E-state index contributed by atoms with van der Waals surface area (Å²) in [5.41, 5.74) is 7.67. The third-order valence-electron chi connectivity index (χ3n) is 2.80. The predicted molar refractivity (Wildman–Crippen MR) is 71.3 cm³/mol. The maximum Gasteiger partial charge on any atom is 0.181 e. The van der Waals surface area contributed by atoms with Crippen LogP contribution in [0.4, 0.5) is 5.82 Å². The zero-order valence-electron chi connectivity index (χ0n) is 9.84. The van der Waals surface area contributed by atoms with Crippen LogP contribution in [0.15, 0.2) is 38.8 Å². The largest absolute Gasteiger partial charge is 0.469 e. The van der Waals surface area contributed by atoms with Gasteiger partial charge in [0.2, 0.25) is 0 Å². The summed E-state index contributed by atoms with van der Waals surface area (Å²) in [6.45, 7) is 2.03. The maximum atomic E-state index is 5.90. The molecule has 3 heterocycles. The van der Waals surface area contributed by atoms with Gasteiger partial charge in [0.15, 0.2) is 11.6 Å². The third kappa shape index (κ3) is 1.64. The molecule has 0 bridgehead atoms. The van der Waals surface area contributed by atoms with E-state index in [9.17, 15) is 0 Å². The fourth-order valence-corrected chi connectivity index (χ4v) is 2.74. The Morgan fingerprint density at radius 1 is 1.39 bits per heavy atom. The summed E-state index contributed by atoms with van der Waals surface area (Å²) in [4.78, 5) is 1.05. The molecule has 5 heteroatoms. The minimum absolute atomic E-state index is 0.413. The fourth-order valence-electron chi connectivity index (χ4n) is 1.96. The molecule has 0 spiro atoms. The van der Waals surface area contributed by atoms with Crippen LogP contribution in [0, 0.1) is 0 Å². The Kier molecular flexibility index (Phi) is 2.68. The number of rotatable bonds is 3. The first-order valence-corrected chi connectivity index (χ1v) is 6.55. The molecule has 0 unspecified atom stereocenters. The Hall–Kier alpha value is -2.01. The van der Waals surface area contributed by atoms with Crippen molar-refractivity contribution in [2.45, 2.75) is 13.3 Å². The van der Waals surface area contributed by atoms with Gasteiger partial charge in [-0.05, 0) is 17.5 Å². The Labute approximate surface area is 108 Å². The van der Waals surface area contributed by atoms with Crippen molar-refractivity contribution >= 4 is 17.2 Å². The number of aryl methyl sites for hydroxylation is 1. The van der Waals surface area contributed by atoms with Crippen LogP contribution in [0.25, 0.3) is 21.8 Å².